The summed E-state index contributed by atoms with van der Waals surface area (Å²) in [5.41, 5.74) is 2.83. The Morgan fingerprint density at radius 1 is 1.06 bits per heavy atom. The lowest BCUT2D eigenvalue weighted by Crippen LogP contribution is -1.89. The Morgan fingerprint density at radius 2 is 1.78 bits per heavy atom. The van der Waals surface area contributed by atoms with Gasteiger partial charge >= 0.3 is 0 Å². The normalized spacial score (nSPS) is 9.44. The van der Waals surface area contributed by atoms with Crippen molar-refractivity contribution in [1.82, 2.24) is 0 Å². The highest BCUT2D eigenvalue weighted by atomic mass is 19.1. The summed E-state index contributed by atoms with van der Waals surface area (Å²) >= 11 is 0. The van der Waals surface area contributed by atoms with E-state index in [1.807, 2.05) is 31.2 Å². The van der Waals surface area contributed by atoms with Crippen molar-refractivity contribution in [2.75, 3.05) is 0 Å². The SMILES string of the molecule is Cc1ccc(C#Cc2ccc(F)cc2C=O)cc1. The van der Waals surface area contributed by atoms with Crippen molar-refractivity contribution >= 4 is 6.29 Å². The molecule has 18 heavy (non-hydrogen) atoms. The zero-order valence-corrected chi connectivity index (χ0v) is 9.91. The maximum absolute atomic E-state index is 12.9. The molecular formula is C16H11FO. The summed E-state index contributed by atoms with van der Waals surface area (Å²) in [7, 11) is 0. The molecule has 0 atom stereocenters. The first kappa shape index (κ1) is 12.1. The molecule has 0 radical (unpaired) electrons. The summed E-state index contributed by atoms with van der Waals surface area (Å²) in [5.74, 6) is 5.40. The molecule has 0 aliphatic carbocycles. The molecule has 0 heterocycles. The van der Waals surface area contributed by atoms with Gasteiger partial charge in [0.1, 0.15) is 5.82 Å². The molecule has 2 rings (SSSR count). The van der Waals surface area contributed by atoms with Crippen molar-refractivity contribution in [2.45, 2.75) is 6.92 Å². The smallest absolute Gasteiger partial charge is 0.151 e. The predicted octanol–water partition coefficient (Wildman–Crippen LogP) is 3.35. The fraction of sp³-hybridized carbons (Fsp3) is 0.0625. The molecule has 0 aliphatic rings. The third-order valence-electron chi connectivity index (χ3n) is 2.53. The second kappa shape index (κ2) is 5.29. The summed E-state index contributed by atoms with van der Waals surface area (Å²) in [4.78, 5) is 10.8. The molecule has 88 valence electrons. The summed E-state index contributed by atoms with van der Waals surface area (Å²) < 4.78 is 12.9. The van der Waals surface area contributed by atoms with Gasteiger partial charge in [0, 0.05) is 16.7 Å². The van der Waals surface area contributed by atoms with Gasteiger partial charge in [-0.25, -0.2) is 4.39 Å². The Labute approximate surface area is 105 Å². The topological polar surface area (TPSA) is 17.1 Å². The van der Waals surface area contributed by atoms with Crippen LogP contribution in [-0.2, 0) is 0 Å². The molecule has 0 saturated carbocycles. The summed E-state index contributed by atoms with van der Waals surface area (Å²) in [6, 6.07) is 11.8. The van der Waals surface area contributed by atoms with Gasteiger partial charge in [0.05, 0.1) is 0 Å². The minimum Gasteiger partial charge on any atom is -0.298 e. The Hall–Kier alpha value is -2.40. The molecule has 1 nitrogen and oxygen atoms in total. The van der Waals surface area contributed by atoms with Crippen LogP contribution < -0.4 is 0 Å². The second-order valence-corrected chi connectivity index (χ2v) is 3.97. The van der Waals surface area contributed by atoms with E-state index in [1.54, 1.807) is 0 Å². The molecule has 0 spiro atoms. The molecule has 0 aromatic heterocycles. The number of hydrogen-bond donors (Lipinski definition) is 0. The van der Waals surface area contributed by atoms with E-state index in [4.69, 9.17) is 0 Å². The van der Waals surface area contributed by atoms with Gasteiger partial charge in [-0.15, -0.1) is 0 Å². The van der Waals surface area contributed by atoms with Crippen LogP contribution >= 0.6 is 0 Å². The molecule has 0 aliphatic heterocycles. The summed E-state index contributed by atoms with van der Waals surface area (Å²) in [5, 5.41) is 0. The number of carbonyl (C=O) groups excluding carboxylic acids is 1. The van der Waals surface area contributed by atoms with Crippen LogP contribution in [-0.4, -0.2) is 6.29 Å². The van der Waals surface area contributed by atoms with Gasteiger partial charge in [0.2, 0.25) is 0 Å². The standard InChI is InChI=1S/C16H11FO/c1-12-2-4-13(5-3-12)6-7-14-8-9-16(17)10-15(14)11-18/h2-5,8-11H,1H3. The zero-order valence-electron chi connectivity index (χ0n) is 9.91. The van der Waals surface area contributed by atoms with Crippen LogP contribution in [0.3, 0.4) is 0 Å². The van der Waals surface area contributed by atoms with Crippen molar-refractivity contribution in [3.05, 3.63) is 70.5 Å². The second-order valence-electron chi connectivity index (χ2n) is 3.97. The van der Waals surface area contributed by atoms with Crippen molar-refractivity contribution < 1.29 is 9.18 Å². The van der Waals surface area contributed by atoms with Crippen molar-refractivity contribution in [1.29, 1.82) is 0 Å². The molecule has 0 saturated heterocycles. The van der Waals surface area contributed by atoms with Gasteiger partial charge in [0.25, 0.3) is 0 Å². The first-order chi connectivity index (χ1) is 8.69. The maximum Gasteiger partial charge on any atom is 0.151 e. The van der Waals surface area contributed by atoms with Crippen LogP contribution in [0.2, 0.25) is 0 Å². The molecule has 0 unspecified atom stereocenters. The molecule has 0 amide bonds. The lowest BCUT2D eigenvalue weighted by atomic mass is 10.1. The third kappa shape index (κ3) is 2.83. The van der Waals surface area contributed by atoms with E-state index in [2.05, 4.69) is 11.8 Å². The minimum absolute atomic E-state index is 0.273. The average molecular weight is 238 g/mol. The number of benzene rings is 2. The number of hydrogen-bond acceptors (Lipinski definition) is 1. The van der Waals surface area contributed by atoms with Crippen molar-refractivity contribution in [3.8, 4) is 11.8 Å². The van der Waals surface area contributed by atoms with E-state index in [9.17, 15) is 9.18 Å². The Morgan fingerprint density at radius 3 is 2.44 bits per heavy atom. The van der Waals surface area contributed by atoms with Gasteiger partial charge in [-0.1, -0.05) is 29.5 Å². The highest BCUT2D eigenvalue weighted by Crippen LogP contribution is 2.08. The average Bonchev–Trinajstić information content (AvgIpc) is 2.39. The number of halogens is 1. The van der Waals surface area contributed by atoms with Crippen LogP contribution in [0.25, 0.3) is 0 Å². The van der Waals surface area contributed by atoms with Gasteiger partial charge in [-0.05, 0) is 37.3 Å². The van der Waals surface area contributed by atoms with Gasteiger partial charge < -0.3 is 0 Å². The van der Waals surface area contributed by atoms with Gasteiger partial charge in [0.15, 0.2) is 6.29 Å². The van der Waals surface area contributed by atoms with Crippen LogP contribution in [0.5, 0.6) is 0 Å². The number of aryl methyl sites for hydroxylation is 1. The monoisotopic (exact) mass is 238 g/mol. The fourth-order valence-electron chi connectivity index (χ4n) is 1.52. The Kier molecular flexibility index (Phi) is 3.54. The van der Waals surface area contributed by atoms with Gasteiger partial charge in [-0.3, -0.25) is 4.79 Å². The predicted molar refractivity (Wildman–Crippen MR) is 68.9 cm³/mol. The van der Waals surface area contributed by atoms with Crippen molar-refractivity contribution in [3.63, 3.8) is 0 Å². The number of carbonyl (C=O) groups is 1. The molecule has 2 aromatic rings. The van der Waals surface area contributed by atoms with Crippen molar-refractivity contribution in [2.24, 2.45) is 0 Å². The van der Waals surface area contributed by atoms with Crippen LogP contribution in [0, 0.1) is 24.6 Å². The molecular weight excluding hydrogens is 227 g/mol. The highest BCUT2D eigenvalue weighted by Gasteiger charge is 2.00. The third-order valence-corrected chi connectivity index (χ3v) is 2.53. The molecule has 0 fully saturated rings. The quantitative estimate of drug-likeness (QED) is 0.550. The summed E-state index contributed by atoms with van der Waals surface area (Å²) in [6.07, 6.45) is 0.613. The first-order valence-corrected chi connectivity index (χ1v) is 5.52. The summed E-state index contributed by atoms with van der Waals surface area (Å²) in [6.45, 7) is 2.00. The first-order valence-electron chi connectivity index (χ1n) is 5.52. The Balaban J connectivity index is 2.35. The van der Waals surface area contributed by atoms with E-state index >= 15 is 0 Å². The lowest BCUT2D eigenvalue weighted by molar-refractivity contribution is 0.112. The fourth-order valence-corrected chi connectivity index (χ4v) is 1.52. The lowest BCUT2D eigenvalue weighted by Gasteiger charge is -1.96. The van der Waals surface area contributed by atoms with E-state index in [0.29, 0.717) is 11.8 Å². The molecule has 2 heteroatoms. The van der Waals surface area contributed by atoms with E-state index in [1.165, 1.54) is 18.2 Å². The number of aldehydes is 1. The maximum atomic E-state index is 12.9. The minimum atomic E-state index is -0.432. The molecule has 0 bridgehead atoms. The molecule has 0 N–H and O–H groups in total. The van der Waals surface area contributed by atoms with Crippen LogP contribution in [0.15, 0.2) is 42.5 Å². The Bertz CT molecular complexity index is 630. The zero-order chi connectivity index (χ0) is 13.0. The molecule has 2 aromatic carbocycles. The van der Waals surface area contributed by atoms with E-state index in [-0.39, 0.29) is 5.56 Å². The number of rotatable bonds is 1. The van der Waals surface area contributed by atoms with E-state index < -0.39 is 5.82 Å². The van der Waals surface area contributed by atoms with E-state index in [0.717, 1.165) is 11.1 Å². The van der Waals surface area contributed by atoms with Gasteiger partial charge in [-0.2, -0.15) is 0 Å². The highest BCUT2D eigenvalue weighted by molar-refractivity contribution is 5.79. The van der Waals surface area contributed by atoms with Crippen LogP contribution in [0.1, 0.15) is 27.0 Å². The van der Waals surface area contributed by atoms with Crippen LogP contribution in [0.4, 0.5) is 4.39 Å². The largest absolute Gasteiger partial charge is 0.298 e.